The molecule has 2 N–H and O–H groups in total. The van der Waals surface area contributed by atoms with Crippen LogP contribution < -0.4 is 22.0 Å². The van der Waals surface area contributed by atoms with E-state index in [2.05, 4.69) is 15.4 Å². The molecule has 0 atom stereocenters. The van der Waals surface area contributed by atoms with Crippen molar-refractivity contribution in [2.75, 3.05) is 6.54 Å². The Bertz CT molecular complexity index is 1270. The van der Waals surface area contributed by atoms with Gasteiger partial charge in [0.2, 0.25) is 5.91 Å². The van der Waals surface area contributed by atoms with Gasteiger partial charge in [-0.2, -0.15) is 5.10 Å². The predicted octanol–water partition coefficient (Wildman–Crippen LogP) is 0.332. The highest BCUT2D eigenvalue weighted by molar-refractivity contribution is 5.76. The maximum atomic E-state index is 12.3. The molecule has 2 heterocycles. The van der Waals surface area contributed by atoms with Crippen molar-refractivity contribution in [3.63, 3.8) is 0 Å². The third-order valence-electron chi connectivity index (χ3n) is 5.36. The maximum Gasteiger partial charge on any atom is 0.316 e. The number of carbonyl (C=O) groups is 1. The molecule has 1 aliphatic carbocycles. The average Bonchev–Trinajstić information content (AvgIpc) is 2.96. The van der Waals surface area contributed by atoms with Crippen LogP contribution in [0.15, 0.2) is 44.7 Å². The summed E-state index contributed by atoms with van der Waals surface area (Å²) in [5.41, 5.74) is 1.33. The molecule has 156 valence electrons. The molecule has 0 bridgehead atoms. The first kappa shape index (κ1) is 19.8. The number of para-hydroxylation sites is 2. The number of amides is 1. The second-order valence-electron chi connectivity index (χ2n) is 7.45. The van der Waals surface area contributed by atoms with Crippen molar-refractivity contribution in [3.8, 4) is 0 Å². The molecule has 0 radical (unpaired) electrons. The highest BCUT2D eigenvalue weighted by atomic mass is 16.2. The molecule has 1 amide bonds. The Morgan fingerprint density at radius 1 is 1.10 bits per heavy atom. The smallest absolute Gasteiger partial charge is 0.316 e. The fourth-order valence-electron chi connectivity index (χ4n) is 3.83. The minimum atomic E-state index is -0.708. The molecule has 0 spiro atoms. The zero-order chi connectivity index (χ0) is 21.1. The summed E-state index contributed by atoms with van der Waals surface area (Å²) in [5, 5.41) is 7.09. The van der Waals surface area contributed by atoms with Crippen molar-refractivity contribution in [1.82, 2.24) is 24.6 Å². The Balaban J connectivity index is 1.44. The van der Waals surface area contributed by atoms with Crippen LogP contribution in [0.2, 0.25) is 0 Å². The van der Waals surface area contributed by atoms with E-state index in [1.54, 1.807) is 30.3 Å². The number of aryl methyl sites for hydroxylation is 2. The van der Waals surface area contributed by atoms with Crippen molar-refractivity contribution >= 4 is 16.9 Å². The lowest BCUT2D eigenvalue weighted by molar-refractivity contribution is -0.121. The Morgan fingerprint density at radius 2 is 1.90 bits per heavy atom. The zero-order valence-corrected chi connectivity index (χ0v) is 16.5. The molecule has 0 aliphatic heterocycles. The van der Waals surface area contributed by atoms with E-state index in [9.17, 15) is 19.2 Å². The van der Waals surface area contributed by atoms with Crippen molar-refractivity contribution in [2.24, 2.45) is 0 Å². The molecule has 1 aliphatic rings. The molecule has 3 aromatic rings. The Labute approximate surface area is 171 Å². The number of aromatic amines is 1. The first-order valence-corrected chi connectivity index (χ1v) is 10.1. The zero-order valence-electron chi connectivity index (χ0n) is 16.5. The Hall–Kier alpha value is -3.49. The molecule has 30 heavy (non-hydrogen) atoms. The first-order valence-electron chi connectivity index (χ1n) is 10.1. The molecule has 4 rings (SSSR count). The van der Waals surface area contributed by atoms with Gasteiger partial charge in [0.15, 0.2) is 0 Å². The van der Waals surface area contributed by atoms with Gasteiger partial charge in [-0.05, 0) is 43.4 Å². The summed E-state index contributed by atoms with van der Waals surface area (Å²) in [4.78, 5) is 51.2. The molecular formula is C21H23N5O4. The second kappa shape index (κ2) is 8.48. The fourth-order valence-corrected chi connectivity index (χ4v) is 3.83. The van der Waals surface area contributed by atoms with Crippen molar-refractivity contribution in [2.45, 2.75) is 45.2 Å². The van der Waals surface area contributed by atoms with Gasteiger partial charge in [-0.3, -0.25) is 19.2 Å². The minimum Gasteiger partial charge on any atom is -0.353 e. The standard InChI is InChI=1S/C21H23N5O4/c27-18(13-26-19(28)12-14-6-2-1-3-7-15(14)24-26)22-10-11-25-17-9-5-4-8-16(17)23-20(29)21(25)30/h4-5,8-9,12H,1-3,6-7,10-11,13H2,(H,22,27)(H,23,29). The van der Waals surface area contributed by atoms with Gasteiger partial charge in [0, 0.05) is 19.2 Å². The quantitative estimate of drug-likeness (QED) is 0.465. The number of benzene rings is 1. The number of carbonyl (C=O) groups excluding carboxylic acids is 1. The van der Waals surface area contributed by atoms with Crippen LogP contribution in [0.4, 0.5) is 0 Å². The van der Waals surface area contributed by atoms with Crippen LogP contribution in [0.5, 0.6) is 0 Å². The SMILES string of the molecule is O=C(Cn1nc2c(cc1=O)CCCCC2)NCCn1c(=O)c(=O)[nH]c2ccccc21. The fraction of sp³-hybridized carbons (Fsp3) is 0.381. The number of rotatable bonds is 5. The monoisotopic (exact) mass is 409 g/mol. The lowest BCUT2D eigenvalue weighted by atomic mass is 10.1. The van der Waals surface area contributed by atoms with Crippen LogP contribution in [0.3, 0.4) is 0 Å². The highest BCUT2D eigenvalue weighted by Gasteiger charge is 2.14. The molecular weight excluding hydrogens is 386 g/mol. The summed E-state index contributed by atoms with van der Waals surface area (Å²) in [6.45, 7) is 0.102. The number of H-pyrrole nitrogens is 1. The van der Waals surface area contributed by atoms with Gasteiger partial charge in [0.25, 0.3) is 5.56 Å². The number of fused-ring (bicyclic) bond motifs is 2. The summed E-state index contributed by atoms with van der Waals surface area (Å²) in [6.07, 6.45) is 4.86. The Kier molecular flexibility index (Phi) is 5.60. The molecule has 0 unspecified atom stereocenters. The van der Waals surface area contributed by atoms with Crippen LogP contribution in [-0.4, -0.2) is 31.8 Å². The van der Waals surface area contributed by atoms with Gasteiger partial charge in [0.1, 0.15) is 6.54 Å². The number of nitrogens with one attached hydrogen (secondary N) is 2. The molecule has 0 fully saturated rings. The van der Waals surface area contributed by atoms with Gasteiger partial charge in [-0.15, -0.1) is 0 Å². The summed E-state index contributed by atoms with van der Waals surface area (Å²) in [7, 11) is 0. The third kappa shape index (κ3) is 4.10. The number of hydrogen-bond donors (Lipinski definition) is 2. The van der Waals surface area contributed by atoms with E-state index in [1.165, 1.54) is 9.25 Å². The molecule has 9 heteroatoms. The topological polar surface area (TPSA) is 119 Å². The number of nitrogens with zero attached hydrogens (tertiary/aromatic N) is 3. The van der Waals surface area contributed by atoms with Crippen LogP contribution in [0, 0.1) is 0 Å². The van der Waals surface area contributed by atoms with E-state index in [0.717, 1.165) is 43.4 Å². The lowest BCUT2D eigenvalue weighted by Crippen LogP contribution is -2.40. The normalized spacial score (nSPS) is 13.6. The number of aromatic nitrogens is 4. The Morgan fingerprint density at radius 3 is 2.77 bits per heavy atom. The second-order valence-corrected chi connectivity index (χ2v) is 7.45. The summed E-state index contributed by atoms with van der Waals surface area (Å²) >= 11 is 0. The van der Waals surface area contributed by atoms with E-state index in [0.29, 0.717) is 11.0 Å². The van der Waals surface area contributed by atoms with Gasteiger partial charge >= 0.3 is 11.1 Å². The third-order valence-corrected chi connectivity index (χ3v) is 5.36. The van der Waals surface area contributed by atoms with Crippen molar-refractivity contribution in [1.29, 1.82) is 0 Å². The van der Waals surface area contributed by atoms with Gasteiger partial charge < -0.3 is 14.9 Å². The van der Waals surface area contributed by atoms with E-state index in [4.69, 9.17) is 0 Å². The molecule has 0 saturated heterocycles. The predicted molar refractivity (Wildman–Crippen MR) is 112 cm³/mol. The summed E-state index contributed by atoms with van der Waals surface area (Å²) in [6, 6.07) is 8.56. The molecule has 9 nitrogen and oxygen atoms in total. The van der Waals surface area contributed by atoms with Crippen molar-refractivity contribution < 1.29 is 4.79 Å². The number of hydrogen-bond acceptors (Lipinski definition) is 5. The van der Waals surface area contributed by atoms with Crippen LogP contribution in [0.25, 0.3) is 11.0 Å². The molecule has 2 aromatic heterocycles. The van der Waals surface area contributed by atoms with Gasteiger partial charge in [-0.25, -0.2) is 4.68 Å². The van der Waals surface area contributed by atoms with E-state index >= 15 is 0 Å². The van der Waals surface area contributed by atoms with Gasteiger partial charge in [-0.1, -0.05) is 18.6 Å². The lowest BCUT2D eigenvalue weighted by Gasteiger charge is -2.12. The summed E-state index contributed by atoms with van der Waals surface area (Å²) < 4.78 is 2.52. The largest absolute Gasteiger partial charge is 0.353 e. The van der Waals surface area contributed by atoms with Crippen molar-refractivity contribution in [3.05, 3.63) is 72.7 Å². The maximum absolute atomic E-state index is 12.3. The summed E-state index contributed by atoms with van der Waals surface area (Å²) in [5.74, 6) is -0.375. The van der Waals surface area contributed by atoms with E-state index in [1.807, 2.05) is 0 Å². The first-order chi connectivity index (χ1) is 14.5. The average molecular weight is 409 g/mol. The minimum absolute atomic E-state index is 0.140. The van der Waals surface area contributed by atoms with Crippen LogP contribution >= 0.6 is 0 Å². The van der Waals surface area contributed by atoms with E-state index in [-0.39, 0.29) is 31.1 Å². The molecule has 0 saturated carbocycles. The molecule has 1 aromatic carbocycles. The van der Waals surface area contributed by atoms with Gasteiger partial charge in [0.05, 0.1) is 16.7 Å². The van der Waals surface area contributed by atoms with Crippen LogP contribution in [0.1, 0.15) is 30.5 Å². The van der Waals surface area contributed by atoms with Crippen LogP contribution in [-0.2, 0) is 30.7 Å². The van der Waals surface area contributed by atoms with E-state index < -0.39 is 11.1 Å². The highest BCUT2D eigenvalue weighted by Crippen LogP contribution is 2.16.